The van der Waals surface area contributed by atoms with E-state index in [0.717, 1.165) is 17.8 Å². The second kappa shape index (κ2) is 4.23. The summed E-state index contributed by atoms with van der Waals surface area (Å²) in [4.78, 5) is 5.79. The van der Waals surface area contributed by atoms with Gasteiger partial charge in [-0.05, 0) is 23.6 Å². The third kappa shape index (κ3) is 1.50. The molecule has 0 amide bonds. The molecule has 1 aliphatic carbocycles. The predicted molar refractivity (Wildman–Crippen MR) is 75.2 cm³/mol. The van der Waals surface area contributed by atoms with Gasteiger partial charge in [0.2, 0.25) is 0 Å². The fourth-order valence-electron chi connectivity index (χ4n) is 2.34. The Hall–Kier alpha value is -1.65. The second-order valence-electron chi connectivity index (χ2n) is 4.07. The summed E-state index contributed by atoms with van der Waals surface area (Å²) in [5, 5.41) is 9.68. The number of nitrogens with one attached hydrogen (secondary N) is 1. The predicted octanol–water partition coefficient (Wildman–Crippen LogP) is 3.53. The number of pyridine rings is 1. The average Bonchev–Trinajstić information content (AvgIpc) is 3.00. The number of H-pyrrole nitrogens is 1. The van der Waals surface area contributed by atoms with E-state index in [9.17, 15) is 0 Å². The molecule has 0 bridgehead atoms. The molecular weight excluding hydrogens is 266 g/mol. The van der Waals surface area contributed by atoms with Gasteiger partial charge in [0.15, 0.2) is 0 Å². The van der Waals surface area contributed by atoms with Crippen LogP contribution in [0.4, 0.5) is 0 Å². The molecule has 1 aliphatic rings. The molecule has 0 atom stereocenters. The van der Waals surface area contributed by atoms with E-state index >= 15 is 0 Å². The number of fused-ring (bicyclic) bond motifs is 3. The Morgan fingerprint density at radius 1 is 1.22 bits per heavy atom. The van der Waals surface area contributed by atoms with Crippen molar-refractivity contribution in [2.75, 3.05) is 0 Å². The normalized spacial score (nSPS) is 11.8. The van der Waals surface area contributed by atoms with E-state index in [1.165, 1.54) is 21.7 Å². The van der Waals surface area contributed by atoms with Crippen LogP contribution >= 0.6 is 23.7 Å². The van der Waals surface area contributed by atoms with Crippen LogP contribution in [0.5, 0.6) is 0 Å². The van der Waals surface area contributed by atoms with Gasteiger partial charge in [-0.3, -0.25) is 10.1 Å². The molecule has 4 rings (SSSR count). The van der Waals surface area contributed by atoms with E-state index in [-0.39, 0.29) is 12.4 Å². The molecule has 3 nitrogen and oxygen atoms in total. The van der Waals surface area contributed by atoms with Crippen LogP contribution in [-0.2, 0) is 6.42 Å². The minimum Gasteiger partial charge on any atom is -0.277 e. The monoisotopic (exact) mass is 275 g/mol. The van der Waals surface area contributed by atoms with Crippen molar-refractivity contribution in [3.05, 3.63) is 46.3 Å². The molecular formula is C13H10ClN3S. The molecule has 0 unspecified atom stereocenters. The highest BCUT2D eigenvalue weighted by molar-refractivity contribution is 7.10. The molecule has 0 spiro atoms. The maximum absolute atomic E-state index is 4.40. The van der Waals surface area contributed by atoms with Crippen molar-refractivity contribution in [2.24, 2.45) is 0 Å². The van der Waals surface area contributed by atoms with Crippen LogP contribution in [0.25, 0.3) is 22.6 Å². The first kappa shape index (κ1) is 11.4. The van der Waals surface area contributed by atoms with E-state index in [4.69, 9.17) is 0 Å². The Labute approximate surface area is 114 Å². The lowest BCUT2D eigenvalue weighted by atomic mass is 10.1. The average molecular weight is 276 g/mol. The number of aromatic amines is 1. The van der Waals surface area contributed by atoms with E-state index < -0.39 is 0 Å². The van der Waals surface area contributed by atoms with E-state index in [1.54, 1.807) is 6.20 Å². The van der Waals surface area contributed by atoms with Crippen molar-refractivity contribution in [1.29, 1.82) is 0 Å². The highest BCUT2D eigenvalue weighted by Gasteiger charge is 2.26. The second-order valence-corrected chi connectivity index (χ2v) is 5.08. The third-order valence-corrected chi connectivity index (χ3v) is 4.05. The zero-order valence-corrected chi connectivity index (χ0v) is 11.0. The first-order valence-corrected chi connectivity index (χ1v) is 6.37. The van der Waals surface area contributed by atoms with Crippen molar-refractivity contribution < 1.29 is 0 Å². The zero-order valence-electron chi connectivity index (χ0n) is 9.38. The van der Waals surface area contributed by atoms with Gasteiger partial charge in [0.05, 0.1) is 11.4 Å². The molecule has 3 aromatic heterocycles. The molecule has 90 valence electrons. The van der Waals surface area contributed by atoms with Gasteiger partial charge < -0.3 is 0 Å². The highest BCUT2D eigenvalue weighted by Crippen LogP contribution is 2.41. The SMILES string of the molecule is Cl.c1ccc(-c2n[nH]c3c2Cc2sccc2-3)nc1. The fourth-order valence-corrected chi connectivity index (χ4v) is 3.23. The van der Waals surface area contributed by atoms with Gasteiger partial charge >= 0.3 is 0 Å². The molecule has 0 aromatic carbocycles. The summed E-state index contributed by atoms with van der Waals surface area (Å²) in [6.45, 7) is 0. The number of hydrogen-bond donors (Lipinski definition) is 1. The van der Waals surface area contributed by atoms with Crippen molar-refractivity contribution in [3.8, 4) is 22.6 Å². The van der Waals surface area contributed by atoms with Gasteiger partial charge in [-0.25, -0.2) is 0 Å². The van der Waals surface area contributed by atoms with Gasteiger partial charge in [0, 0.05) is 28.6 Å². The fraction of sp³-hybridized carbons (Fsp3) is 0.0769. The van der Waals surface area contributed by atoms with Crippen LogP contribution in [0.2, 0.25) is 0 Å². The lowest BCUT2D eigenvalue weighted by molar-refractivity contribution is 1.09. The Balaban J connectivity index is 0.000001000. The van der Waals surface area contributed by atoms with Crippen molar-refractivity contribution in [3.63, 3.8) is 0 Å². The number of halogens is 1. The molecule has 0 saturated carbocycles. The Morgan fingerprint density at radius 3 is 3.00 bits per heavy atom. The van der Waals surface area contributed by atoms with E-state index in [0.29, 0.717) is 0 Å². The first-order valence-electron chi connectivity index (χ1n) is 5.49. The molecule has 0 radical (unpaired) electrons. The summed E-state index contributed by atoms with van der Waals surface area (Å²) in [6.07, 6.45) is 2.78. The van der Waals surface area contributed by atoms with Crippen LogP contribution in [0.1, 0.15) is 10.4 Å². The first-order chi connectivity index (χ1) is 8.43. The Bertz CT molecular complexity index is 687. The molecule has 3 aromatic rings. The minimum absolute atomic E-state index is 0. The molecule has 3 heterocycles. The lowest BCUT2D eigenvalue weighted by Crippen LogP contribution is -1.87. The van der Waals surface area contributed by atoms with Crippen LogP contribution in [0, 0.1) is 0 Å². The molecule has 0 aliphatic heterocycles. The maximum Gasteiger partial charge on any atom is 0.115 e. The number of rotatable bonds is 1. The van der Waals surface area contributed by atoms with Crippen LogP contribution in [-0.4, -0.2) is 15.2 Å². The van der Waals surface area contributed by atoms with Gasteiger partial charge in [0.25, 0.3) is 0 Å². The largest absolute Gasteiger partial charge is 0.277 e. The summed E-state index contributed by atoms with van der Waals surface area (Å²) in [6, 6.07) is 8.08. The Kier molecular flexibility index (Phi) is 2.69. The number of hydrogen-bond acceptors (Lipinski definition) is 3. The topological polar surface area (TPSA) is 41.6 Å². The standard InChI is InChI=1S/C13H9N3S.ClH/c1-2-5-14-10(3-1)13-9-7-11-8(4-6-17-11)12(9)15-16-13;/h1-6H,7H2,(H,15,16);1H. The summed E-state index contributed by atoms with van der Waals surface area (Å²) in [5.41, 5.74) is 5.69. The number of aromatic nitrogens is 3. The molecule has 18 heavy (non-hydrogen) atoms. The third-order valence-electron chi connectivity index (χ3n) is 3.13. The highest BCUT2D eigenvalue weighted by atomic mass is 35.5. The summed E-state index contributed by atoms with van der Waals surface area (Å²) >= 11 is 1.81. The smallest absolute Gasteiger partial charge is 0.115 e. The molecule has 5 heteroatoms. The maximum atomic E-state index is 4.40. The lowest BCUT2D eigenvalue weighted by Gasteiger charge is -1.97. The number of nitrogens with zero attached hydrogens (tertiary/aromatic N) is 2. The van der Waals surface area contributed by atoms with Gasteiger partial charge in [-0.1, -0.05) is 6.07 Å². The quantitative estimate of drug-likeness (QED) is 0.577. The number of thiophene rings is 1. The van der Waals surface area contributed by atoms with Crippen molar-refractivity contribution >= 4 is 23.7 Å². The molecule has 1 N–H and O–H groups in total. The summed E-state index contributed by atoms with van der Waals surface area (Å²) in [7, 11) is 0. The van der Waals surface area contributed by atoms with Crippen molar-refractivity contribution in [1.82, 2.24) is 15.2 Å². The van der Waals surface area contributed by atoms with Gasteiger partial charge in [0.1, 0.15) is 5.69 Å². The summed E-state index contributed by atoms with van der Waals surface area (Å²) in [5.74, 6) is 0. The van der Waals surface area contributed by atoms with Gasteiger partial charge in [-0.2, -0.15) is 5.10 Å². The van der Waals surface area contributed by atoms with E-state index in [1.807, 2.05) is 29.5 Å². The summed E-state index contributed by atoms with van der Waals surface area (Å²) < 4.78 is 0. The van der Waals surface area contributed by atoms with E-state index in [2.05, 4.69) is 26.6 Å². The minimum atomic E-state index is 0. The van der Waals surface area contributed by atoms with Crippen LogP contribution < -0.4 is 0 Å². The molecule has 0 saturated heterocycles. The molecule has 0 fully saturated rings. The zero-order chi connectivity index (χ0) is 11.2. The van der Waals surface area contributed by atoms with Crippen LogP contribution in [0.3, 0.4) is 0 Å². The van der Waals surface area contributed by atoms with Crippen molar-refractivity contribution in [2.45, 2.75) is 6.42 Å². The van der Waals surface area contributed by atoms with Gasteiger partial charge in [-0.15, -0.1) is 23.7 Å². The van der Waals surface area contributed by atoms with Crippen LogP contribution in [0.15, 0.2) is 35.8 Å². The Morgan fingerprint density at radius 2 is 2.17 bits per heavy atom.